The molecule has 0 amide bonds. The number of alkyl halides is 3. The fourth-order valence-corrected chi connectivity index (χ4v) is 2.61. The Kier molecular flexibility index (Phi) is 3.55. The van der Waals surface area contributed by atoms with Gasteiger partial charge in [-0.25, -0.2) is 9.97 Å². The summed E-state index contributed by atoms with van der Waals surface area (Å²) in [4.78, 5) is 7.97. The third-order valence-corrected chi connectivity index (χ3v) is 3.44. The van der Waals surface area contributed by atoms with Crippen molar-refractivity contribution in [3.05, 3.63) is 23.3 Å². The lowest BCUT2D eigenvalue weighted by molar-refractivity contribution is -0.128. The molecule has 2 rings (SSSR count). The van der Waals surface area contributed by atoms with E-state index in [9.17, 15) is 13.2 Å². The quantitative estimate of drug-likeness (QED) is 0.900. The van der Waals surface area contributed by atoms with Gasteiger partial charge in [0.05, 0.1) is 0 Å². The molecule has 1 aliphatic carbocycles. The first-order valence-corrected chi connectivity index (χ1v) is 6.29. The average molecular weight is 273 g/mol. The second-order valence-electron chi connectivity index (χ2n) is 5.87. The molecule has 0 fully saturated rings. The summed E-state index contributed by atoms with van der Waals surface area (Å²) in [5.74, 6) is -0.140. The van der Waals surface area contributed by atoms with Gasteiger partial charge in [-0.15, -0.1) is 0 Å². The van der Waals surface area contributed by atoms with Crippen molar-refractivity contribution in [2.45, 2.75) is 45.3 Å². The van der Waals surface area contributed by atoms with Gasteiger partial charge < -0.3 is 5.32 Å². The lowest BCUT2D eigenvalue weighted by Gasteiger charge is -2.36. The van der Waals surface area contributed by atoms with Crippen molar-refractivity contribution in [2.75, 3.05) is 7.05 Å². The summed E-state index contributed by atoms with van der Waals surface area (Å²) in [5, 5.41) is 3.18. The van der Waals surface area contributed by atoms with Gasteiger partial charge >= 0.3 is 6.18 Å². The Labute approximate surface area is 110 Å². The smallest absolute Gasteiger partial charge is 0.313 e. The molecule has 6 heteroatoms. The lowest BCUT2D eigenvalue weighted by Crippen LogP contribution is -2.33. The number of aromatic nitrogens is 2. The second kappa shape index (κ2) is 4.74. The van der Waals surface area contributed by atoms with Crippen LogP contribution in [0.15, 0.2) is 6.20 Å². The molecule has 1 aliphatic rings. The zero-order valence-electron chi connectivity index (χ0n) is 11.3. The molecule has 0 aliphatic heterocycles. The van der Waals surface area contributed by atoms with Crippen molar-refractivity contribution in [2.24, 2.45) is 5.41 Å². The molecule has 3 nitrogen and oxygen atoms in total. The molecule has 106 valence electrons. The van der Waals surface area contributed by atoms with E-state index >= 15 is 0 Å². The Balaban J connectivity index is 2.33. The van der Waals surface area contributed by atoms with E-state index in [1.165, 1.54) is 0 Å². The van der Waals surface area contributed by atoms with Crippen molar-refractivity contribution >= 4 is 0 Å². The first-order chi connectivity index (χ1) is 8.70. The van der Waals surface area contributed by atoms with E-state index in [0.717, 1.165) is 17.7 Å². The molecule has 1 heterocycles. The van der Waals surface area contributed by atoms with Crippen molar-refractivity contribution < 1.29 is 13.2 Å². The zero-order chi connectivity index (χ0) is 14.3. The summed E-state index contributed by atoms with van der Waals surface area (Å²) in [6, 6.07) is 0.110. The zero-order valence-corrected chi connectivity index (χ0v) is 11.3. The fourth-order valence-electron chi connectivity index (χ4n) is 2.61. The molecule has 1 N–H and O–H groups in total. The Hall–Kier alpha value is -1.17. The van der Waals surface area contributed by atoms with Gasteiger partial charge in [-0.3, -0.25) is 0 Å². The SMILES string of the molecule is CNC1CC(C)(C)Cc2nc(CC(F)(F)F)ncc21. The van der Waals surface area contributed by atoms with Crippen LogP contribution in [-0.4, -0.2) is 23.2 Å². The molecule has 0 bridgehead atoms. The van der Waals surface area contributed by atoms with Gasteiger partial charge in [-0.2, -0.15) is 13.2 Å². The number of hydrogen-bond donors (Lipinski definition) is 1. The molecule has 1 unspecified atom stereocenters. The number of nitrogens with zero attached hydrogens (tertiary/aromatic N) is 2. The largest absolute Gasteiger partial charge is 0.396 e. The van der Waals surface area contributed by atoms with Gasteiger partial charge in [0.1, 0.15) is 12.2 Å². The van der Waals surface area contributed by atoms with Gasteiger partial charge in [0.2, 0.25) is 0 Å². The minimum Gasteiger partial charge on any atom is -0.313 e. The van der Waals surface area contributed by atoms with E-state index in [4.69, 9.17) is 0 Å². The standard InChI is InChI=1S/C13H18F3N3/c1-12(2)4-9(17-3)8-7-18-11(6-13(14,15)16)19-10(8)5-12/h7,9,17H,4-6H2,1-3H3. The molecule has 19 heavy (non-hydrogen) atoms. The number of rotatable bonds is 2. The third-order valence-electron chi connectivity index (χ3n) is 3.44. The van der Waals surface area contributed by atoms with Crippen LogP contribution in [0.5, 0.6) is 0 Å². The Morgan fingerprint density at radius 2 is 2.11 bits per heavy atom. The molecule has 1 atom stereocenters. The van der Waals surface area contributed by atoms with Crippen LogP contribution in [0.25, 0.3) is 0 Å². The van der Waals surface area contributed by atoms with Crippen molar-refractivity contribution in [3.63, 3.8) is 0 Å². The van der Waals surface area contributed by atoms with Crippen LogP contribution in [-0.2, 0) is 12.8 Å². The maximum atomic E-state index is 12.4. The van der Waals surface area contributed by atoms with Crippen LogP contribution in [0.2, 0.25) is 0 Å². The predicted molar refractivity (Wildman–Crippen MR) is 65.7 cm³/mol. The summed E-state index contributed by atoms with van der Waals surface area (Å²) in [6.07, 6.45) is -2.17. The summed E-state index contributed by atoms with van der Waals surface area (Å²) in [5.41, 5.74) is 1.70. The fraction of sp³-hybridized carbons (Fsp3) is 0.692. The first-order valence-electron chi connectivity index (χ1n) is 6.29. The van der Waals surface area contributed by atoms with Crippen LogP contribution in [0, 0.1) is 5.41 Å². The summed E-state index contributed by atoms with van der Waals surface area (Å²) >= 11 is 0. The highest BCUT2D eigenvalue weighted by atomic mass is 19.4. The number of fused-ring (bicyclic) bond motifs is 1. The molecule has 1 aromatic heterocycles. The van der Waals surface area contributed by atoms with Crippen LogP contribution >= 0.6 is 0 Å². The maximum absolute atomic E-state index is 12.4. The molecule has 0 saturated heterocycles. The average Bonchev–Trinajstić information content (AvgIpc) is 2.23. The highest BCUT2D eigenvalue weighted by molar-refractivity contribution is 5.26. The number of halogens is 3. The highest BCUT2D eigenvalue weighted by Crippen LogP contribution is 2.39. The Bertz CT molecular complexity index is 469. The number of nitrogens with one attached hydrogen (secondary N) is 1. The third kappa shape index (κ3) is 3.43. The Morgan fingerprint density at radius 1 is 1.42 bits per heavy atom. The molecule has 0 aromatic carbocycles. The monoisotopic (exact) mass is 273 g/mol. The van der Waals surface area contributed by atoms with E-state index in [1.807, 2.05) is 7.05 Å². The maximum Gasteiger partial charge on any atom is 0.396 e. The van der Waals surface area contributed by atoms with Gasteiger partial charge in [-0.1, -0.05) is 13.8 Å². The van der Waals surface area contributed by atoms with Crippen LogP contribution in [0.3, 0.4) is 0 Å². The Morgan fingerprint density at radius 3 is 2.68 bits per heavy atom. The van der Waals surface area contributed by atoms with Gasteiger partial charge in [0.25, 0.3) is 0 Å². The van der Waals surface area contributed by atoms with E-state index in [2.05, 4.69) is 29.1 Å². The van der Waals surface area contributed by atoms with Crippen molar-refractivity contribution in [1.82, 2.24) is 15.3 Å². The molecule has 0 radical (unpaired) electrons. The van der Waals surface area contributed by atoms with Crippen molar-refractivity contribution in [3.8, 4) is 0 Å². The normalized spacial score (nSPS) is 22.1. The van der Waals surface area contributed by atoms with E-state index in [0.29, 0.717) is 6.42 Å². The van der Waals surface area contributed by atoms with Crippen LogP contribution in [0.1, 0.15) is 43.4 Å². The highest BCUT2D eigenvalue weighted by Gasteiger charge is 2.34. The lowest BCUT2D eigenvalue weighted by atomic mass is 9.74. The first kappa shape index (κ1) is 14.2. The summed E-state index contributed by atoms with van der Waals surface area (Å²) in [7, 11) is 1.85. The summed E-state index contributed by atoms with van der Waals surface area (Å²) < 4.78 is 37.1. The summed E-state index contributed by atoms with van der Waals surface area (Å²) in [6.45, 7) is 4.21. The van der Waals surface area contributed by atoms with E-state index in [1.54, 1.807) is 6.20 Å². The number of hydrogen-bond acceptors (Lipinski definition) is 3. The van der Waals surface area contributed by atoms with Gasteiger partial charge in [0.15, 0.2) is 0 Å². The molecule has 0 spiro atoms. The van der Waals surface area contributed by atoms with Crippen molar-refractivity contribution in [1.29, 1.82) is 0 Å². The molecule has 0 saturated carbocycles. The van der Waals surface area contributed by atoms with E-state index in [-0.39, 0.29) is 17.3 Å². The molecular formula is C13H18F3N3. The van der Waals surface area contributed by atoms with Gasteiger partial charge in [-0.05, 0) is 25.3 Å². The second-order valence-corrected chi connectivity index (χ2v) is 5.87. The minimum absolute atomic E-state index is 0.0323. The van der Waals surface area contributed by atoms with E-state index < -0.39 is 12.6 Å². The van der Waals surface area contributed by atoms with Crippen LogP contribution < -0.4 is 5.32 Å². The topological polar surface area (TPSA) is 37.8 Å². The minimum atomic E-state index is -4.26. The molecule has 1 aromatic rings. The predicted octanol–water partition coefficient (Wildman–Crippen LogP) is 2.81. The van der Waals surface area contributed by atoms with Gasteiger partial charge in [0, 0.05) is 23.5 Å². The molecular weight excluding hydrogens is 255 g/mol. The van der Waals surface area contributed by atoms with Crippen LogP contribution in [0.4, 0.5) is 13.2 Å².